The van der Waals surface area contributed by atoms with Gasteiger partial charge in [-0.3, -0.25) is 9.59 Å². The zero-order chi connectivity index (χ0) is 17.7. The van der Waals surface area contributed by atoms with E-state index in [1.807, 2.05) is 13.0 Å². The smallest absolute Gasteiger partial charge is 0.234 e. The number of nitrogens with two attached hydrogens (primary N) is 2. The molecule has 9 heteroatoms. The summed E-state index contributed by atoms with van der Waals surface area (Å²) >= 11 is 1.13. The molecule has 8 nitrogen and oxygen atoms in total. The summed E-state index contributed by atoms with van der Waals surface area (Å²) in [6.45, 7) is 3.30. The first kappa shape index (κ1) is 17.5. The molecule has 126 valence electrons. The number of aromatic nitrogens is 2. The number of rotatable bonds is 5. The van der Waals surface area contributed by atoms with Crippen molar-refractivity contribution in [1.82, 2.24) is 9.97 Å². The first-order valence-corrected chi connectivity index (χ1v) is 8.03. The predicted octanol–water partition coefficient (Wildman–Crippen LogP) is 1.64. The maximum Gasteiger partial charge on any atom is 0.234 e. The van der Waals surface area contributed by atoms with Gasteiger partial charge >= 0.3 is 0 Å². The van der Waals surface area contributed by atoms with Crippen molar-refractivity contribution in [2.24, 2.45) is 0 Å². The summed E-state index contributed by atoms with van der Waals surface area (Å²) in [5, 5.41) is 5.81. The molecular weight excluding hydrogens is 328 g/mol. The second kappa shape index (κ2) is 7.64. The number of anilines is 4. The molecule has 6 N–H and O–H groups in total. The van der Waals surface area contributed by atoms with Gasteiger partial charge in [-0.1, -0.05) is 17.8 Å². The largest absolute Gasteiger partial charge is 0.383 e. The fourth-order valence-corrected chi connectivity index (χ4v) is 2.55. The summed E-state index contributed by atoms with van der Waals surface area (Å²) < 4.78 is 0. The number of aryl methyl sites for hydroxylation is 1. The van der Waals surface area contributed by atoms with Crippen LogP contribution in [0.1, 0.15) is 12.5 Å². The second-order valence-corrected chi connectivity index (χ2v) is 5.99. The van der Waals surface area contributed by atoms with Gasteiger partial charge in [-0.2, -0.15) is 0 Å². The van der Waals surface area contributed by atoms with E-state index in [4.69, 9.17) is 11.5 Å². The molecule has 1 aromatic carbocycles. The van der Waals surface area contributed by atoms with Crippen molar-refractivity contribution in [2.75, 3.05) is 27.9 Å². The van der Waals surface area contributed by atoms with Crippen LogP contribution in [0.5, 0.6) is 0 Å². The fourth-order valence-electron chi connectivity index (χ4n) is 1.88. The summed E-state index contributed by atoms with van der Waals surface area (Å²) in [5.41, 5.74) is 13.3. The molecule has 2 aromatic rings. The van der Waals surface area contributed by atoms with Gasteiger partial charge in [0, 0.05) is 24.4 Å². The van der Waals surface area contributed by atoms with Crippen molar-refractivity contribution >= 4 is 46.6 Å². The first-order valence-electron chi connectivity index (χ1n) is 7.04. The maximum absolute atomic E-state index is 12.0. The number of thioether (sulfide) groups is 1. The van der Waals surface area contributed by atoms with Gasteiger partial charge in [0.05, 0.1) is 5.75 Å². The number of nitrogens with one attached hydrogen (secondary N) is 2. The summed E-state index contributed by atoms with van der Waals surface area (Å²) in [5.74, 6) is 0.204. The average molecular weight is 346 g/mol. The molecule has 0 spiro atoms. The Bertz CT molecular complexity index is 760. The highest BCUT2D eigenvalue weighted by molar-refractivity contribution is 7.99. The van der Waals surface area contributed by atoms with Gasteiger partial charge in [0.1, 0.15) is 11.6 Å². The Morgan fingerprint density at radius 1 is 1.12 bits per heavy atom. The van der Waals surface area contributed by atoms with Gasteiger partial charge in [0.25, 0.3) is 0 Å². The van der Waals surface area contributed by atoms with E-state index in [0.717, 1.165) is 17.3 Å². The quantitative estimate of drug-likeness (QED) is 0.477. The standard InChI is InChI=1S/C15H18N6O2S/c1-8-3-4-10(5-11(8)18-9(2)22)19-14(23)7-24-15-20-12(16)6-13(17)21-15/h3-6H,7H2,1-2H3,(H,18,22)(H,19,23)(H4,16,17,20,21). The van der Waals surface area contributed by atoms with Crippen LogP contribution in [0.15, 0.2) is 29.4 Å². The zero-order valence-corrected chi connectivity index (χ0v) is 14.1. The molecule has 2 rings (SSSR count). The summed E-state index contributed by atoms with van der Waals surface area (Å²) in [6.07, 6.45) is 0. The van der Waals surface area contributed by atoms with Crippen LogP contribution in [0.25, 0.3) is 0 Å². The van der Waals surface area contributed by atoms with E-state index in [2.05, 4.69) is 20.6 Å². The maximum atomic E-state index is 12.0. The molecule has 0 bridgehead atoms. The highest BCUT2D eigenvalue weighted by Gasteiger charge is 2.08. The van der Waals surface area contributed by atoms with Gasteiger partial charge in [-0.05, 0) is 24.6 Å². The molecule has 0 aliphatic carbocycles. The van der Waals surface area contributed by atoms with Crippen LogP contribution in [0.3, 0.4) is 0 Å². The minimum absolute atomic E-state index is 0.103. The van der Waals surface area contributed by atoms with Gasteiger partial charge in [-0.15, -0.1) is 0 Å². The van der Waals surface area contributed by atoms with E-state index in [-0.39, 0.29) is 29.2 Å². The van der Waals surface area contributed by atoms with Gasteiger partial charge in [-0.25, -0.2) is 9.97 Å². The van der Waals surface area contributed by atoms with E-state index >= 15 is 0 Å². The average Bonchev–Trinajstić information content (AvgIpc) is 2.47. The van der Waals surface area contributed by atoms with Crippen LogP contribution in [0.2, 0.25) is 0 Å². The van der Waals surface area contributed by atoms with Crippen LogP contribution in [-0.4, -0.2) is 27.5 Å². The third kappa shape index (κ3) is 5.13. The summed E-state index contributed by atoms with van der Waals surface area (Å²) in [6, 6.07) is 6.72. The van der Waals surface area contributed by atoms with Crippen LogP contribution in [0, 0.1) is 6.92 Å². The Labute approximate surface area is 143 Å². The lowest BCUT2D eigenvalue weighted by Gasteiger charge is -2.10. The van der Waals surface area contributed by atoms with Crippen molar-refractivity contribution < 1.29 is 9.59 Å². The lowest BCUT2D eigenvalue weighted by atomic mass is 10.2. The lowest BCUT2D eigenvalue weighted by Crippen LogP contribution is -2.15. The number of amides is 2. The third-order valence-corrected chi connectivity index (χ3v) is 3.76. The van der Waals surface area contributed by atoms with Gasteiger partial charge in [0.15, 0.2) is 5.16 Å². The Morgan fingerprint density at radius 3 is 2.42 bits per heavy atom. The normalized spacial score (nSPS) is 10.2. The molecule has 0 saturated heterocycles. The summed E-state index contributed by atoms with van der Waals surface area (Å²) in [4.78, 5) is 31.2. The third-order valence-electron chi connectivity index (χ3n) is 2.91. The zero-order valence-electron chi connectivity index (χ0n) is 13.3. The molecule has 0 saturated carbocycles. The molecule has 24 heavy (non-hydrogen) atoms. The molecule has 1 heterocycles. The molecule has 1 aromatic heterocycles. The number of nitrogens with zero attached hydrogens (tertiary/aromatic N) is 2. The van der Waals surface area contributed by atoms with E-state index < -0.39 is 0 Å². The highest BCUT2D eigenvalue weighted by Crippen LogP contribution is 2.21. The number of carbonyl (C=O) groups is 2. The number of hydrogen-bond donors (Lipinski definition) is 4. The first-order chi connectivity index (χ1) is 11.3. The van der Waals surface area contributed by atoms with E-state index in [1.54, 1.807) is 12.1 Å². The topological polar surface area (TPSA) is 136 Å². The Kier molecular flexibility index (Phi) is 5.59. The van der Waals surface area contributed by atoms with Crippen molar-refractivity contribution in [3.05, 3.63) is 29.8 Å². The summed E-state index contributed by atoms with van der Waals surface area (Å²) in [7, 11) is 0. The molecule has 0 fully saturated rings. The number of benzene rings is 1. The molecular formula is C15H18N6O2S. The number of carbonyl (C=O) groups excluding carboxylic acids is 2. The molecule has 0 unspecified atom stereocenters. The van der Waals surface area contributed by atoms with Crippen molar-refractivity contribution in [1.29, 1.82) is 0 Å². The second-order valence-electron chi connectivity index (χ2n) is 5.05. The van der Waals surface area contributed by atoms with Crippen molar-refractivity contribution in [2.45, 2.75) is 19.0 Å². The molecule has 0 atom stereocenters. The van der Waals surface area contributed by atoms with Gasteiger partial charge in [0.2, 0.25) is 11.8 Å². The molecule has 2 amide bonds. The van der Waals surface area contributed by atoms with Crippen LogP contribution < -0.4 is 22.1 Å². The van der Waals surface area contributed by atoms with E-state index in [0.29, 0.717) is 16.5 Å². The van der Waals surface area contributed by atoms with Crippen LogP contribution in [-0.2, 0) is 9.59 Å². The number of nitrogen functional groups attached to an aromatic ring is 2. The minimum Gasteiger partial charge on any atom is -0.383 e. The SMILES string of the molecule is CC(=O)Nc1cc(NC(=O)CSc2nc(N)cc(N)n2)ccc1C. The van der Waals surface area contributed by atoms with E-state index in [9.17, 15) is 9.59 Å². The minimum atomic E-state index is -0.234. The molecule has 0 aliphatic rings. The van der Waals surface area contributed by atoms with Crippen LogP contribution in [0.4, 0.5) is 23.0 Å². The molecule has 0 aliphatic heterocycles. The Hall–Kier alpha value is -2.81. The monoisotopic (exact) mass is 346 g/mol. The van der Waals surface area contributed by atoms with Crippen molar-refractivity contribution in [3.63, 3.8) is 0 Å². The Balaban J connectivity index is 1.98. The van der Waals surface area contributed by atoms with Gasteiger partial charge < -0.3 is 22.1 Å². The van der Waals surface area contributed by atoms with E-state index in [1.165, 1.54) is 13.0 Å². The fraction of sp³-hybridized carbons (Fsp3) is 0.200. The lowest BCUT2D eigenvalue weighted by molar-refractivity contribution is -0.114. The molecule has 0 radical (unpaired) electrons. The van der Waals surface area contributed by atoms with Crippen molar-refractivity contribution in [3.8, 4) is 0 Å². The van der Waals surface area contributed by atoms with Crippen LogP contribution >= 0.6 is 11.8 Å². The highest BCUT2D eigenvalue weighted by atomic mass is 32.2. The Morgan fingerprint density at radius 2 is 1.79 bits per heavy atom. The number of hydrogen-bond acceptors (Lipinski definition) is 7. The predicted molar refractivity (Wildman–Crippen MR) is 95.7 cm³/mol.